The number of hydrazine groups is 1. The van der Waals surface area contributed by atoms with E-state index >= 15 is 0 Å². The maximum Gasteiger partial charge on any atom is 0.426 e. The summed E-state index contributed by atoms with van der Waals surface area (Å²) in [5.74, 6) is 0.626. The molecule has 11 heteroatoms. The normalized spacial score (nSPS) is 16.5. The molecule has 2 aliphatic rings. The quantitative estimate of drug-likeness (QED) is 0.264. The molecule has 0 spiro atoms. The molecule has 1 fully saturated rings. The summed E-state index contributed by atoms with van der Waals surface area (Å²) in [4.78, 5) is 31.9. The van der Waals surface area contributed by atoms with Crippen LogP contribution in [0.15, 0.2) is 36.4 Å². The van der Waals surface area contributed by atoms with Crippen LogP contribution >= 0.6 is 23.2 Å². The number of ether oxygens (including phenoxy) is 2. The van der Waals surface area contributed by atoms with E-state index in [2.05, 4.69) is 15.2 Å². The molecule has 4 rings (SSSR count). The zero-order valence-corrected chi connectivity index (χ0v) is 25.9. The minimum absolute atomic E-state index is 0.0757. The lowest BCUT2D eigenvalue weighted by molar-refractivity contribution is -0.120. The van der Waals surface area contributed by atoms with Crippen LogP contribution in [0.4, 0.5) is 16.2 Å². The number of nitrogens with one attached hydrogen (secondary N) is 1. The largest absolute Gasteiger partial charge is 0.494 e. The predicted octanol–water partition coefficient (Wildman–Crippen LogP) is 5.58. The van der Waals surface area contributed by atoms with E-state index in [0.717, 1.165) is 62.5 Å². The lowest BCUT2D eigenvalue weighted by atomic mass is 10.0. The number of fused-ring (bicyclic) bond motifs is 1. The van der Waals surface area contributed by atoms with Crippen LogP contribution in [0.25, 0.3) is 0 Å². The van der Waals surface area contributed by atoms with Crippen LogP contribution in [-0.4, -0.2) is 80.6 Å². The van der Waals surface area contributed by atoms with E-state index in [9.17, 15) is 9.59 Å². The van der Waals surface area contributed by atoms with E-state index in [1.165, 1.54) is 5.01 Å². The van der Waals surface area contributed by atoms with Gasteiger partial charge in [-0.1, -0.05) is 35.3 Å². The number of hydrogen-bond acceptors (Lipinski definition) is 7. The van der Waals surface area contributed by atoms with Gasteiger partial charge in [0.25, 0.3) is 0 Å². The van der Waals surface area contributed by atoms with Crippen molar-refractivity contribution in [3.05, 3.63) is 52.0 Å². The molecule has 0 aromatic heterocycles. The first-order chi connectivity index (χ1) is 19.7. The van der Waals surface area contributed by atoms with Gasteiger partial charge in [-0.3, -0.25) is 14.6 Å². The minimum Gasteiger partial charge on any atom is -0.494 e. The Morgan fingerprint density at radius 2 is 1.78 bits per heavy atom. The molecule has 2 heterocycles. The zero-order valence-electron chi connectivity index (χ0n) is 24.4. The first kappa shape index (κ1) is 31.2. The van der Waals surface area contributed by atoms with Gasteiger partial charge in [0.15, 0.2) is 6.23 Å². The van der Waals surface area contributed by atoms with Gasteiger partial charge >= 0.3 is 6.09 Å². The SMILES string of the molecule is CNN(C(=O)OC(C)N1C(=O)CCc2ccc(OCCCCN3CCN(c4cccc(Cl)c4Cl)CC3)cc21)C(C)C. The zero-order chi connectivity index (χ0) is 29.5. The summed E-state index contributed by atoms with van der Waals surface area (Å²) in [6.45, 7) is 10.9. The van der Waals surface area contributed by atoms with Crippen molar-refractivity contribution in [2.45, 2.75) is 58.7 Å². The monoisotopic (exact) mass is 605 g/mol. The number of anilines is 2. The molecule has 2 amide bonds. The van der Waals surface area contributed by atoms with E-state index < -0.39 is 12.3 Å². The van der Waals surface area contributed by atoms with Gasteiger partial charge in [0.05, 0.1) is 28.0 Å². The van der Waals surface area contributed by atoms with Crippen molar-refractivity contribution >= 4 is 46.6 Å². The Bertz CT molecular complexity index is 1210. The van der Waals surface area contributed by atoms with Gasteiger partial charge in [-0.05, 0) is 70.3 Å². The van der Waals surface area contributed by atoms with Crippen LogP contribution in [0.1, 0.15) is 45.6 Å². The highest BCUT2D eigenvalue weighted by Gasteiger charge is 2.32. The Morgan fingerprint density at radius 3 is 2.49 bits per heavy atom. The van der Waals surface area contributed by atoms with Crippen LogP contribution in [-0.2, 0) is 16.0 Å². The Kier molecular flexibility index (Phi) is 11.0. The number of aryl methyl sites for hydroxylation is 1. The number of amides is 2. The maximum atomic E-state index is 12.9. The lowest BCUT2D eigenvalue weighted by Gasteiger charge is -2.36. The van der Waals surface area contributed by atoms with Gasteiger partial charge in [-0.25, -0.2) is 15.2 Å². The fourth-order valence-corrected chi connectivity index (χ4v) is 5.77. The predicted molar refractivity (Wildman–Crippen MR) is 164 cm³/mol. The molecule has 1 N–H and O–H groups in total. The van der Waals surface area contributed by atoms with Crippen LogP contribution in [0.5, 0.6) is 5.75 Å². The summed E-state index contributed by atoms with van der Waals surface area (Å²) >= 11 is 12.6. The number of unbranched alkanes of at least 4 members (excludes halogenated alkanes) is 1. The third kappa shape index (κ3) is 7.77. The number of halogens is 2. The van der Waals surface area contributed by atoms with Crippen LogP contribution in [0, 0.1) is 0 Å². The van der Waals surface area contributed by atoms with Crippen molar-refractivity contribution in [2.75, 3.05) is 56.2 Å². The fourth-order valence-electron chi connectivity index (χ4n) is 5.36. The van der Waals surface area contributed by atoms with Gasteiger partial charge in [-0.15, -0.1) is 0 Å². The van der Waals surface area contributed by atoms with Crippen LogP contribution in [0.3, 0.4) is 0 Å². The Balaban J connectivity index is 1.25. The van der Waals surface area contributed by atoms with Gasteiger partial charge in [-0.2, -0.15) is 0 Å². The van der Waals surface area contributed by atoms with E-state index in [-0.39, 0.29) is 11.9 Å². The molecule has 0 radical (unpaired) electrons. The topological polar surface area (TPSA) is 77.6 Å². The van der Waals surface area contributed by atoms with Crippen molar-refractivity contribution < 1.29 is 19.1 Å². The third-order valence-corrected chi connectivity index (χ3v) is 8.37. The number of benzene rings is 2. The Hall–Kier alpha value is -2.72. The number of hydrogen-bond donors (Lipinski definition) is 1. The molecule has 0 aliphatic carbocycles. The summed E-state index contributed by atoms with van der Waals surface area (Å²) < 4.78 is 11.7. The van der Waals surface area contributed by atoms with Crippen molar-refractivity contribution in [1.29, 1.82) is 0 Å². The van der Waals surface area contributed by atoms with Crippen molar-refractivity contribution in [3.8, 4) is 5.75 Å². The molecule has 41 heavy (non-hydrogen) atoms. The smallest absolute Gasteiger partial charge is 0.426 e. The number of rotatable bonds is 11. The van der Waals surface area contributed by atoms with Gasteiger partial charge in [0.2, 0.25) is 5.91 Å². The molecule has 1 atom stereocenters. The van der Waals surface area contributed by atoms with Crippen LogP contribution < -0.4 is 20.0 Å². The van der Waals surface area contributed by atoms with Crippen molar-refractivity contribution in [1.82, 2.24) is 15.3 Å². The molecule has 0 saturated carbocycles. The average Bonchev–Trinajstić information content (AvgIpc) is 2.94. The Labute approximate surface area is 253 Å². The van der Waals surface area contributed by atoms with Gasteiger partial charge < -0.3 is 14.4 Å². The highest BCUT2D eigenvalue weighted by Crippen LogP contribution is 2.34. The standard InChI is InChI=1S/C30H41Cl2N5O4/c1-21(2)37(33-4)30(39)41-22(3)36-27-20-24(12-10-23(27)11-13-28(36)38)40-19-6-5-14-34-15-17-35(18-16-34)26-9-7-8-25(31)29(26)32/h7-10,12,20-22,33H,5-6,11,13-19H2,1-4H3. The first-order valence-electron chi connectivity index (χ1n) is 14.4. The highest BCUT2D eigenvalue weighted by molar-refractivity contribution is 6.43. The molecule has 2 aromatic carbocycles. The summed E-state index contributed by atoms with van der Waals surface area (Å²) in [5, 5.41) is 2.60. The second-order valence-electron chi connectivity index (χ2n) is 10.7. The minimum atomic E-state index is -0.755. The summed E-state index contributed by atoms with van der Waals surface area (Å²) in [6, 6.07) is 11.5. The summed E-state index contributed by atoms with van der Waals surface area (Å²) in [5.41, 5.74) is 5.61. The van der Waals surface area contributed by atoms with E-state index in [1.807, 2.05) is 50.2 Å². The van der Waals surface area contributed by atoms with E-state index in [1.54, 1.807) is 18.9 Å². The molecule has 9 nitrogen and oxygen atoms in total. The van der Waals surface area contributed by atoms with Crippen molar-refractivity contribution in [3.63, 3.8) is 0 Å². The Morgan fingerprint density at radius 1 is 1.02 bits per heavy atom. The van der Waals surface area contributed by atoms with Gasteiger partial charge in [0, 0.05) is 51.8 Å². The number of carbonyl (C=O) groups is 2. The molecule has 2 aliphatic heterocycles. The number of nitrogens with zero attached hydrogens (tertiary/aromatic N) is 4. The third-order valence-electron chi connectivity index (χ3n) is 7.56. The van der Waals surface area contributed by atoms with Gasteiger partial charge in [0.1, 0.15) is 5.75 Å². The summed E-state index contributed by atoms with van der Waals surface area (Å²) in [6.07, 6.45) is 1.68. The maximum absolute atomic E-state index is 12.9. The second-order valence-corrected chi connectivity index (χ2v) is 11.5. The van der Waals surface area contributed by atoms with Crippen molar-refractivity contribution in [2.24, 2.45) is 0 Å². The molecule has 2 aromatic rings. The number of piperazine rings is 1. The van der Waals surface area contributed by atoms with Crippen LogP contribution in [0.2, 0.25) is 10.0 Å². The molecule has 224 valence electrons. The lowest BCUT2D eigenvalue weighted by Crippen LogP contribution is -2.50. The molecule has 1 unspecified atom stereocenters. The molecule has 0 bridgehead atoms. The number of carbonyl (C=O) groups excluding carboxylic acids is 2. The van der Waals surface area contributed by atoms with E-state index in [4.69, 9.17) is 32.7 Å². The molecular formula is C30H41Cl2N5O4. The molecule has 1 saturated heterocycles. The molecular weight excluding hydrogens is 565 g/mol. The average molecular weight is 607 g/mol. The first-order valence-corrected chi connectivity index (χ1v) is 15.1. The van der Waals surface area contributed by atoms with E-state index in [0.29, 0.717) is 35.2 Å². The highest BCUT2D eigenvalue weighted by atomic mass is 35.5. The summed E-state index contributed by atoms with van der Waals surface area (Å²) in [7, 11) is 1.66. The fraction of sp³-hybridized carbons (Fsp3) is 0.533. The second kappa shape index (κ2) is 14.4.